The Labute approximate surface area is 216 Å². The summed E-state index contributed by atoms with van der Waals surface area (Å²) in [5.41, 5.74) is 2.15. The molecule has 0 saturated heterocycles. The second-order valence-electron chi connectivity index (χ2n) is 8.80. The van der Waals surface area contributed by atoms with Crippen molar-refractivity contribution < 1.29 is 28.1 Å². The van der Waals surface area contributed by atoms with Crippen LogP contribution in [0.5, 0.6) is 17.2 Å². The average Bonchev–Trinajstić information content (AvgIpc) is 3.53. The number of H-pyrrole nitrogens is 1. The van der Waals surface area contributed by atoms with Gasteiger partial charge in [-0.3, -0.25) is 0 Å². The average molecular weight is 520 g/mol. The largest absolute Gasteiger partial charge is 0.490 e. The summed E-state index contributed by atoms with van der Waals surface area (Å²) in [5.74, 6) is -1.88. The van der Waals surface area contributed by atoms with Gasteiger partial charge in [0, 0.05) is 35.8 Å². The molecule has 3 N–H and O–H groups in total. The lowest BCUT2D eigenvalue weighted by atomic mass is 10.0. The predicted molar refractivity (Wildman–Crippen MR) is 136 cm³/mol. The summed E-state index contributed by atoms with van der Waals surface area (Å²) >= 11 is 0. The van der Waals surface area contributed by atoms with E-state index >= 15 is 8.78 Å². The molecule has 0 spiro atoms. The zero-order valence-corrected chi connectivity index (χ0v) is 20.5. The first-order valence-electron chi connectivity index (χ1n) is 11.8. The normalized spacial score (nSPS) is 14.8. The molecule has 1 aliphatic heterocycles. The highest BCUT2D eigenvalue weighted by Crippen LogP contribution is 2.39. The van der Waals surface area contributed by atoms with E-state index in [2.05, 4.69) is 26.3 Å². The van der Waals surface area contributed by atoms with Crippen molar-refractivity contribution >= 4 is 22.7 Å². The van der Waals surface area contributed by atoms with Crippen molar-refractivity contribution in [2.45, 2.75) is 26.0 Å². The third-order valence-corrected chi connectivity index (χ3v) is 5.69. The Hall–Kier alpha value is -4.69. The number of aromatic amines is 1. The van der Waals surface area contributed by atoms with Gasteiger partial charge < -0.3 is 29.6 Å². The van der Waals surface area contributed by atoms with Gasteiger partial charge in [0.05, 0.1) is 23.7 Å². The number of aromatic nitrogens is 2. The Bertz CT molecular complexity index is 1550. The number of aliphatic hydroxyl groups excluding tert-OH is 1. The van der Waals surface area contributed by atoms with Crippen LogP contribution < -0.4 is 14.8 Å². The van der Waals surface area contributed by atoms with E-state index in [-0.39, 0.29) is 36.8 Å². The molecule has 1 unspecified atom stereocenters. The van der Waals surface area contributed by atoms with Gasteiger partial charge in [-0.25, -0.2) is 18.8 Å². The lowest BCUT2D eigenvalue weighted by Crippen LogP contribution is -2.12. The van der Waals surface area contributed by atoms with Crippen LogP contribution in [0, 0.1) is 23.0 Å². The van der Waals surface area contributed by atoms with Gasteiger partial charge in [0.25, 0.3) is 6.02 Å². The highest BCUT2D eigenvalue weighted by Gasteiger charge is 2.22. The van der Waals surface area contributed by atoms with E-state index < -0.39 is 23.4 Å². The van der Waals surface area contributed by atoms with E-state index in [4.69, 9.17) is 19.3 Å². The third-order valence-electron chi connectivity index (χ3n) is 5.69. The number of nitriles is 1. The minimum absolute atomic E-state index is 0.0610. The molecule has 0 fully saturated rings. The van der Waals surface area contributed by atoms with Gasteiger partial charge in [-0.15, -0.1) is 0 Å². The minimum Gasteiger partial charge on any atom is -0.490 e. The van der Waals surface area contributed by atoms with E-state index in [1.165, 1.54) is 12.3 Å². The monoisotopic (exact) mass is 519 g/mol. The van der Waals surface area contributed by atoms with Crippen molar-refractivity contribution in [1.82, 2.24) is 9.97 Å². The molecular weight excluding hydrogens is 496 g/mol. The van der Waals surface area contributed by atoms with E-state index in [1.54, 1.807) is 24.4 Å². The summed E-state index contributed by atoms with van der Waals surface area (Å²) in [6, 6.07) is 10.6. The molecule has 9 nitrogen and oxygen atoms in total. The van der Waals surface area contributed by atoms with Gasteiger partial charge in [0.1, 0.15) is 35.9 Å². The van der Waals surface area contributed by atoms with Crippen molar-refractivity contribution in [3.8, 4) is 34.4 Å². The van der Waals surface area contributed by atoms with Crippen molar-refractivity contribution in [3.05, 3.63) is 66.0 Å². The molecule has 0 bridgehead atoms. The number of hydrogen-bond acceptors (Lipinski definition) is 8. The van der Waals surface area contributed by atoms with Gasteiger partial charge in [0.15, 0.2) is 17.4 Å². The first-order chi connectivity index (χ1) is 18.4. The van der Waals surface area contributed by atoms with Crippen molar-refractivity contribution in [2.75, 3.05) is 18.5 Å². The maximum absolute atomic E-state index is 15.0. The Morgan fingerprint density at radius 2 is 2.00 bits per heavy atom. The third kappa shape index (κ3) is 4.94. The number of pyridine rings is 1. The molecule has 0 aliphatic carbocycles. The summed E-state index contributed by atoms with van der Waals surface area (Å²) < 4.78 is 46.7. The highest BCUT2D eigenvalue weighted by molar-refractivity contribution is 5.98. The number of amidine groups is 1. The van der Waals surface area contributed by atoms with Gasteiger partial charge >= 0.3 is 0 Å². The Kier molecular flexibility index (Phi) is 6.81. The maximum Gasteiger partial charge on any atom is 0.289 e. The van der Waals surface area contributed by atoms with Crippen molar-refractivity contribution in [2.24, 2.45) is 4.99 Å². The zero-order valence-electron chi connectivity index (χ0n) is 20.5. The van der Waals surface area contributed by atoms with Crippen LogP contribution in [0.1, 0.15) is 19.4 Å². The fourth-order valence-corrected chi connectivity index (χ4v) is 4.02. The Balaban J connectivity index is 1.48. The number of halogens is 2. The standard InChI is InChI=1S/C27H23F2N5O4/c1-14(2)37-22-4-3-15(7-16(22)10-30)19-11-32-26-24(19)23(5-6-31-26)38-25-20(28)8-17(9-21(25)29)33-27-34-18(12-35)13-36-27/h3-9,11,14,18,35H,12-13H2,1-2H3,(H,31,32)(H,33,34). The van der Waals surface area contributed by atoms with Crippen LogP contribution >= 0.6 is 0 Å². The van der Waals surface area contributed by atoms with Crippen LogP contribution in [0.15, 0.2) is 53.8 Å². The topological polar surface area (TPSA) is 125 Å². The summed E-state index contributed by atoms with van der Waals surface area (Å²) in [7, 11) is 0. The van der Waals surface area contributed by atoms with E-state index in [0.29, 0.717) is 33.5 Å². The number of aliphatic imine (C=N–C) groups is 1. The molecule has 0 radical (unpaired) electrons. The van der Waals surface area contributed by atoms with Crippen molar-refractivity contribution in [1.29, 1.82) is 5.26 Å². The molecular formula is C27H23F2N5O4. The molecule has 2 aromatic carbocycles. The van der Waals surface area contributed by atoms with Gasteiger partial charge in [-0.05, 0) is 37.6 Å². The molecule has 1 aliphatic rings. The molecule has 0 saturated carbocycles. The smallest absolute Gasteiger partial charge is 0.289 e. The summed E-state index contributed by atoms with van der Waals surface area (Å²) in [4.78, 5) is 11.4. The molecule has 3 heterocycles. The number of fused-ring (bicyclic) bond motifs is 1. The lowest BCUT2D eigenvalue weighted by Gasteiger charge is -2.13. The van der Waals surface area contributed by atoms with Crippen LogP contribution in [0.2, 0.25) is 0 Å². The quantitative estimate of drug-likeness (QED) is 0.310. The first-order valence-corrected chi connectivity index (χ1v) is 11.8. The fourth-order valence-electron chi connectivity index (χ4n) is 4.02. The Morgan fingerprint density at radius 1 is 1.21 bits per heavy atom. The molecule has 194 valence electrons. The number of aliphatic hydroxyl groups is 1. The SMILES string of the molecule is CC(C)Oc1ccc(-c2c[nH]c3nccc(Oc4c(F)cc(NC5=NC(CO)CO5)cc4F)c23)cc1C#N. The van der Waals surface area contributed by atoms with Crippen LogP contribution in [0.3, 0.4) is 0 Å². The van der Waals surface area contributed by atoms with Crippen LogP contribution in [0.4, 0.5) is 14.5 Å². The second kappa shape index (κ2) is 10.4. The highest BCUT2D eigenvalue weighted by atomic mass is 19.1. The summed E-state index contributed by atoms with van der Waals surface area (Å²) in [5, 5.41) is 22.0. The molecule has 1 atom stereocenters. The van der Waals surface area contributed by atoms with E-state index in [1.807, 2.05) is 13.8 Å². The number of anilines is 1. The number of nitrogens with zero attached hydrogens (tertiary/aromatic N) is 3. The Morgan fingerprint density at radius 3 is 2.68 bits per heavy atom. The minimum atomic E-state index is -0.950. The van der Waals surface area contributed by atoms with Crippen molar-refractivity contribution in [3.63, 3.8) is 0 Å². The lowest BCUT2D eigenvalue weighted by molar-refractivity contribution is 0.227. The molecule has 2 aromatic heterocycles. The predicted octanol–water partition coefficient (Wildman–Crippen LogP) is 5.12. The number of benzene rings is 2. The molecule has 11 heteroatoms. The van der Waals surface area contributed by atoms with Crippen LogP contribution in [0.25, 0.3) is 22.2 Å². The number of rotatable bonds is 7. The van der Waals surface area contributed by atoms with E-state index in [9.17, 15) is 5.26 Å². The van der Waals surface area contributed by atoms with Gasteiger partial charge in [-0.2, -0.15) is 5.26 Å². The number of ether oxygens (including phenoxy) is 3. The zero-order chi connectivity index (χ0) is 26.8. The molecule has 4 aromatic rings. The maximum atomic E-state index is 15.0. The van der Waals surface area contributed by atoms with E-state index in [0.717, 1.165) is 12.1 Å². The van der Waals surface area contributed by atoms with Gasteiger partial charge in [-0.1, -0.05) is 6.07 Å². The van der Waals surface area contributed by atoms with Gasteiger partial charge in [0.2, 0.25) is 0 Å². The molecule has 0 amide bonds. The fraction of sp³-hybridized carbons (Fsp3) is 0.222. The molecule has 38 heavy (non-hydrogen) atoms. The second-order valence-corrected chi connectivity index (χ2v) is 8.80. The summed E-state index contributed by atoms with van der Waals surface area (Å²) in [6.45, 7) is 3.71. The number of hydrogen-bond donors (Lipinski definition) is 3. The van der Waals surface area contributed by atoms with Crippen LogP contribution in [-0.4, -0.2) is 46.5 Å². The molecule has 5 rings (SSSR count). The summed E-state index contributed by atoms with van der Waals surface area (Å²) in [6.07, 6.45) is 3.04. The van der Waals surface area contributed by atoms with Crippen LogP contribution in [-0.2, 0) is 4.74 Å². The first kappa shape index (κ1) is 25.0. The number of nitrogens with one attached hydrogen (secondary N) is 2.